The Morgan fingerprint density at radius 2 is 1.95 bits per heavy atom. The molecule has 2 aliphatic rings. The van der Waals surface area contributed by atoms with Gasteiger partial charge in [0.15, 0.2) is 0 Å². The second-order valence-corrected chi connectivity index (χ2v) is 7.62. The van der Waals surface area contributed by atoms with Gasteiger partial charge in [-0.25, -0.2) is 0 Å². The molecule has 2 saturated carbocycles. The average molecular weight is 282 g/mol. The Kier molecular flexibility index (Phi) is 5.88. The first-order chi connectivity index (χ1) is 9.51. The maximum atomic E-state index is 6.22. The van der Waals surface area contributed by atoms with Gasteiger partial charge in [-0.1, -0.05) is 20.8 Å². The molecule has 118 valence electrons. The molecule has 20 heavy (non-hydrogen) atoms. The topological polar surface area (TPSA) is 47.3 Å². The molecular weight excluding hydrogens is 248 g/mol. The predicted molar refractivity (Wildman–Crippen MR) is 84.7 cm³/mol. The van der Waals surface area contributed by atoms with Gasteiger partial charge in [0.25, 0.3) is 0 Å². The van der Waals surface area contributed by atoms with E-state index < -0.39 is 0 Å². The highest BCUT2D eigenvalue weighted by Crippen LogP contribution is 2.43. The van der Waals surface area contributed by atoms with Crippen LogP contribution in [0.25, 0.3) is 0 Å². The molecule has 3 nitrogen and oxygen atoms in total. The molecule has 2 rings (SSSR count). The quantitative estimate of drug-likeness (QED) is 0.673. The summed E-state index contributed by atoms with van der Waals surface area (Å²) in [6.45, 7) is 11.2. The van der Waals surface area contributed by atoms with Gasteiger partial charge in [0.1, 0.15) is 0 Å². The Morgan fingerprint density at radius 3 is 2.65 bits per heavy atom. The van der Waals surface area contributed by atoms with Crippen LogP contribution in [0, 0.1) is 23.2 Å². The van der Waals surface area contributed by atoms with Crippen molar-refractivity contribution >= 4 is 0 Å². The fraction of sp³-hybridized carbons (Fsp3) is 1.00. The molecule has 3 heteroatoms. The molecule has 0 aromatic rings. The molecule has 0 heterocycles. The van der Waals surface area contributed by atoms with Crippen molar-refractivity contribution in [1.82, 2.24) is 5.32 Å². The van der Waals surface area contributed by atoms with E-state index >= 15 is 0 Å². The SMILES string of the molecule is CC1C(N)CCC(CNCCCOCC2CC2)C1(C)C. The number of nitrogens with two attached hydrogens (primary N) is 1. The molecule has 3 atom stereocenters. The molecule has 2 fully saturated rings. The van der Waals surface area contributed by atoms with E-state index in [1.807, 2.05) is 0 Å². The maximum absolute atomic E-state index is 6.22. The minimum absolute atomic E-state index is 0.354. The van der Waals surface area contributed by atoms with Crippen molar-refractivity contribution in [1.29, 1.82) is 0 Å². The zero-order chi connectivity index (χ0) is 14.6. The van der Waals surface area contributed by atoms with E-state index in [4.69, 9.17) is 10.5 Å². The summed E-state index contributed by atoms with van der Waals surface area (Å²) in [7, 11) is 0. The normalized spacial score (nSPS) is 33.3. The van der Waals surface area contributed by atoms with Crippen molar-refractivity contribution in [2.75, 3.05) is 26.3 Å². The Labute approximate surface area is 125 Å². The van der Waals surface area contributed by atoms with E-state index in [-0.39, 0.29) is 0 Å². The van der Waals surface area contributed by atoms with Crippen molar-refractivity contribution in [3.8, 4) is 0 Å². The zero-order valence-electron chi connectivity index (χ0n) is 13.7. The third-order valence-electron chi connectivity index (χ3n) is 5.80. The van der Waals surface area contributed by atoms with Crippen LogP contribution >= 0.6 is 0 Å². The lowest BCUT2D eigenvalue weighted by molar-refractivity contribution is 0.0534. The number of hydrogen-bond acceptors (Lipinski definition) is 3. The summed E-state index contributed by atoms with van der Waals surface area (Å²) in [5.74, 6) is 2.26. The molecule has 3 unspecified atom stereocenters. The van der Waals surface area contributed by atoms with E-state index in [1.54, 1.807) is 0 Å². The van der Waals surface area contributed by atoms with E-state index in [0.717, 1.165) is 44.6 Å². The highest BCUT2D eigenvalue weighted by molar-refractivity contribution is 4.94. The van der Waals surface area contributed by atoms with E-state index in [0.29, 0.717) is 17.4 Å². The second-order valence-electron chi connectivity index (χ2n) is 7.62. The van der Waals surface area contributed by atoms with Crippen molar-refractivity contribution in [2.45, 2.75) is 58.9 Å². The van der Waals surface area contributed by atoms with E-state index in [1.165, 1.54) is 25.7 Å². The molecular formula is C17H34N2O. The minimum atomic E-state index is 0.354. The van der Waals surface area contributed by atoms with Crippen LogP contribution < -0.4 is 11.1 Å². The lowest BCUT2D eigenvalue weighted by Crippen LogP contribution is -2.49. The molecule has 0 bridgehead atoms. The van der Waals surface area contributed by atoms with Gasteiger partial charge in [0, 0.05) is 19.3 Å². The Hall–Kier alpha value is -0.120. The van der Waals surface area contributed by atoms with Gasteiger partial charge in [-0.3, -0.25) is 0 Å². The summed E-state index contributed by atoms with van der Waals surface area (Å²) in [5, 5.41) is 3.63. The monoisotopic (exact) mass is 282 g/mol. The number of nitrogens with one attached hydrogen (secondary N) is 1. The second kappa shape index (κ2) is 7.24. The Morgan fingerprint density at radius 1 is 1.20 bits per heavy atom. The largest absolute Gasteiger partial charge is 0.381 e. The zero-order valence-corrected chi connectivity index (χ0v) is 13.7. The van der Waals surface area contributed by atoms with Crippen LogP contribution in [0.1, 0.15) is 52.9 Å². The smallest absolute Gasteiger partial charge is 0.0494 e. The Balaban J connectivity index is 1.55. The highest BCUT2D eigenvalue weighted by atomic mass is 16.5. The molecule has 0 aromatic carbocycles. The number of rotatable bonds is 8. The lowest BCUT2D eigenvalue weighted by atomic mass is 9.61. The fourth-order valence-corrected chi connectivity index (χ4v) is 3.41. The molecule has 0 saturated heterocycles. The third kappa shape index (κ3) is 4.44. The van der Waals surface area contributed by atoms with Crippen molar-refractivity contribution in [3.63, 3.8) is 0 Å². The molecule has 3 N–H and O–H groups in total. The van der Waals surface area contributed by atoms with Gasteiger partial charge in [-0.2, -0.15) is 0 Å². The van der Waals surface area contributed by atoms with Gasteiger partial charge in [0.05, 0.1) is 0 Å². The first kappa shape index (κ1) is 16.3. The summed E-state index contributed by atoms with van der Waals surface area (Å²) in [4.78, 5) is 0. The standard InChI is InChI=1S/C17H34N2O/c1-13-16(18)8-7-15(17(13,2)3)11-19-9-4-10-20-12-14-5-6-14/h13-16,19H,4-12,18H2,1-3H3. The highest BCUT2D eigenvalue weighted by Gasteiger charge is 2.40. The fourth-order valence-electron chi connectivity index (χ4n) is 3.41. The Bertz CT molecular complexity index is 289. The van der Waals surface area contributed by atoms with Gasteiger partial charge in [0.2, 0.25) is 0 Å². The summed E-state index contributed by atoms with van der Waals surface area (Å²) >= 11 is 0. The first-order valence-electron chi connectivity index (χ1n) is 8.56. The minimum Gasteiger partial charge on any atom is -0.381 e. The molecule has 0 radical (unpaired) electrons. The van der Waals surface area contributed by atoms with Crippen LogP contribution in [0.5, 0.6) is 0 Å². The predicted octanol–water partition coefficient (Wildman–Crippen LogP) is 2.79. The van der Waals surface area contributed by atoms with Crippen LogP contribution in [0.3, 0.4) is 0 Å². The molecule has 0 amide bonds. The van der Waals surface area contributed by atoms with Crippen molar-refractivity contribution in [3.05, 3.63) is 0 Å². The van der Waals surface area contributed by atoms with Crippen molar-refractivity contribution in [2.24, 2.45) is 28.9 Å². The molecule has 2 aliphatic carbocycles. The molecule has 0 spiro atoms. The van der Waals surface area contributed by atoms with Gasteiger partial charge in [-0.05, 0) is 68.4 Å². The van der Waals surface area contributed by atoms with Crippen molar-refractivity contribution < 1.29 is 4.74 Å². The van der Waals surface area contributed by atoms with Crippen LogP contribution in [-0.2, 0) is 4.74 Å². The van der Waals surface area contributed by atoms with E-state index in [2.05, 4.69) is 26.1 Å². The summed E-state index contributed by atoms with van der Waals surface area (Å²) in [5.41, 5.74) is 6.57. The van der Waals surface area contributed by atoms with Gasteiger partial charge >= 0.3 is 0 Å². The molecule has 0 aromatic heterocycles. The number of ether oxygens (including phenoxy) is 1. The van der Waals surface area contributed by atoms with E-state index in [9.17, 15) is 0 Å². The summed E-state index contributed by atoms with van der Waals surface area (Å²) in [6, 6.07) is 0.386. The van der Waals surface area contributed by atoms with Crippen LogP contribution in [0.15, 0.2) is 0 Å². The van der Waals surface area contributed by atoms with Crippen LogP contribution in [-0.4, -0.2) is 32.3 Å². The first-order valence-corrected chi connectivity index (χ1v) is 8.56. The van der Waals surface area contributed by atoms with Gasteiger partial charge < -0.3 is 15.8 Å². The summed E-state index contributed by atoms with van der Waals surface area (Å²) < 4.78 is 5.67. The van der Waals surface area contributed by atoms with Crippen LogP contribution in [0.2, 0.25) is 0 Å². The maximum Gasteiger partial charge on any atom is 0.0494 e. The van der Waals surface area contributed by atoms with Gasteiger partial charge in [-0.15, -0.1) is 0 Å². The van der Waals surface area contributed by atoms with Crippen LogP contribution in [0.4, 0.5) is 0 Å². The number of hydrogen-bond donors (Lipinski definition) is 2. The third-order valence-corrected chi connectivity index (χ3v) is 5.80. The summed E-state index contributed by atoms with van der Waals surface area (Å²) in [6.07, 6.45) is 6.35. The average Bonchev–Trinajstić information content (AvgIpc) is 3.22. The molecule has 0 aliphatic heterocycles. The lowest BCUT2D eigenvalue weighted by Gasteiger charge is -2.47.